The van der Waals surface area contributed by atoms with E-state index in [9.17, 15) is 0 Å². The number of fused-ring (bicyclic) bond motifs is 9. The summed E-state index contributed by atoms with van der Waals surface area (Å²) in [5, 5.41) is 10.9. The molecule has 3 aromatic heterocycles. The van der Waals surface area contributed by atoms with Crippen LogP contribution in [0.5, 0.6) is 0 Å². The van der Waals surface area contributed by atoms with E-state index in [1.807, 2.05) is 10.7 Å². The van der Waals surface area contributed by atoms with Crippen LogP contribution in [0.2, 0.25) is 0 Å². The molecule has 0 atom stereocenters. The number of para-hydroxylation sites is 1. The van der Waals surface area contributed by atoms with E-state index < -0.39 is 0 Å². The number of aryl methyl sites for hydroxylation is 1. The predicted molar refractivity (Wildman–Crippen MR) is 137 cm³/mol. The molecule has 0 bridgehead atoms. The minimum absolute atomic E-state index is 0. The molecule has 7 aromatic rings. The fourth-order valence-corrected chi connectivity index (χ4v) is 5.43. The Hall–Kier alpha value is -3.46. The van der Waals surface area contributed by atoms with Gasteiger partial charge in [-0.25, -0.2) is 0 Å². The minimum Gasteiger partial charge on any atom is -0.341 e. The molecule has 0 unspecified atom stereocenters. The molecule has 4 heteroatoms. The second-order valence-corrected chi connectivity index (χ2v) is 8.73. The third-order valence-electron chi connectivity index (χ3n) is 6.89. The van der Waals surface area contributed by atoms with Gasteiger partial charge in [-0.05, 0) is 48.5 Å². The Bertz CT molecular complexity index is 1840. The largest absolute Gasteiger partial charge is 0.341 e. The first kappa shape index (κ1) is 21.1. The molecular formula is C30H22IrN3-. The van der Waals surface area contributed by atoms with Crippen molar-refractivity contribution in [3.05, 3.63) is 108 Å². The molecule has 3 nitrogen and oxygen atoms in total. The summed E-state index contributed by atoms with van der Waals surface area (Å²) in [6.07, 6.45) is 2.74. The fourth-order valence-electron chi connectivity index (χ4n) is 5.43. The van der Waals surface area contributed by atoms with Crippen LogP contribution in [0.3, 0.4) is 0 Å². The Morgan fingerprint density at radius 1 is 0.706 bits per heavy atom. The van der Waals surface area contributed by atoms with Gasteiger partial charge in [0.2, 0.25) is 0 Å². The zero-order chi connectivity index (χ0) is 21.9. The van der Waals surface area contributed by atoms with Crippen LogP contribution in [0.15, 0.2) is 91.1 Å². The van der Waals surface area contributed by atoms with Gasteiger partial charge in [-0.15, -0.1) is 5.39 Å². The van der Waals surface area contributed by atoms with Gasteiger partial charge >= 0.3 is 0 Å². The molecule has 0 saturated heterocycles. The Labute approximate surface area is 211 Å². The Balaban J connectivity index is 0.00000217. The van der Waals surface area contributed by atoms with Crippen LogP contribution in [-0.4, -0.2) is 14.2 Å². The van der Waals surface area contributed by atoms with Crippen LogP contribution in [0.1, 0.15) is 18.1 Å². The van der Waals surface area contributed by atoms with Gasteiger partial charge in [-0.3, -0.25) is 4.52 Å². The fraction of sp³-hybridized carbons (Fsp3) is 0.100. The zero-order valence-corrected chi connectivity index (χ0v) is 21.1. The number of rotatable bonds is 3. The van der Waals surface area contributed by atoms with Crippen LogP contribution in [0, 0.1) is 6.07 Å². The second kappa shape index (κ2) is 8.09. The average Bonchev–Trinajstić information content (AvgIpc) is 3.47. The summed E-state index contributed by atoms with van der Waals surface area (Å²) in [7, 11) is 0. The molecule has 0 saturated carbocycles. The predicted octanol–water partition coefficient (Wildman–Crippen LogP) is 7.16. The number of hydrogen-bond acceptors (Lipinski definition) is 1. The molecule has 0 spiro atoms. The van der Waals surface area contributed by atoms with E-state index in [0.29, 0.717) is 0 Å². The molecule has 167 valence electrons. The van der Waals surface area contributed by atoms with Gasteiger partial charge in [0.05, 0.1) is 5.52 Å². The molecule has 3 heterocycles. The summed E-state index contributed by atoms with van der Waals surface area (Å²) in [6, 6.07) is 34.3. The van der Waals surface area contributed by atoms with Gasteiger partial charge < -0.3 is 4.57 Å². The third-order valence-corrected chi connectivity index (χ3v) is 6.89. The average molecular weight is 617 g/mol. The number of aromatic nitrogens is 3. The van der Waals surface area contributed by atoms with Crippen LogP contribution >= 0.6 is 0 Å². The van der Waals surface area contributed by atoms with E-state index in [1.54, 1.807) is 0 Å². The summed E-state index contributed by atoms with van der Waals surface area (Å²) in [5.74, 6) is 0. The smallest absolute Gasteiger partial charge is 0.0711 e. The topological polar surface area (TPSA) is 22.2 Å². The molecule has 0 aliphatic heterocycles. The Morgan fingerprint density at radius 3 is 2.24 bits per heavy atom. The van der Waals surface area contributed by atoms with E-state index in [-0.39, 0.29) is 20.1 Å². The molecule has 34 heavy (non-hydrogen) atoms. The molecule has 0 N–H and O–H groups in total. The van der Waals surface area contributed by atoms with Crippen molar-refractivity contribution >= 4 is 49.0 Å². The van der Waals surface area contributed by atoms with Crippen LogP contribution < -0.4 is 0 Å². The molecule has 0 aliphatic rings. The summed E-state index contributed by atoms with van der Waals surface area (Å²) in [5.41, 5.74) is 7.34. The third kappa shape index (κ3) is 3.03. The van der Waals surface area contributed by atoms with E-state index in [1.165, 1.54) is 49.1 Å². The van der Waals surface area contributed by atoms with Crippen molar-refractivity contribution in [1.82, 2.24) is 14.2 Å². The molecule has 0 aliphatic carbocycles. The first-order valence-corrected chi connectivity index (χ1v) is 11.5. The molecule has 7 rings (SSSR count). The van der Waals surface area contributed by atoms with Gasteiger partial charge in [-0.1, -0.05) is 59.5 Å². The minimum atomic E-state index is 0. The summed E-state index contributed by atoms with van der Waals surface area (Å²) < 4.78 is 4.41. The van der Waals surface area contributed by atoms with Crippen molar-refractivity contribution in [2.75, 3.05) is 0 Å². The molecular weight excluding hydrogens is 595 g/mol. The van der Waals surface area contributed by atoms with Gasteiger partial charge in [0.1, 0.15) is 0 Å². The van der Waals surface area contributed by atoms with Crippen LogP contribution in [0.25, 0.3) is 49.0 Å². The van der Waals surface area contributed by atoms with Gasteiger partial charge in [0.25, 0.3) is 0 Å². The summed E-state index contributed by atoms with van der Waals surface area (Å²) in [6.45, 7) is 3.18. The zero-order valence-electron chi connectivity index (χ0n) is 18.7. The van der Waals surface area contributed by atoms with Crippen LogP contribution in [-0.2, 0) is 33.1 Å². The van der Waals surface area contributed by atoms with E-state index in [0.717, 1.165) is 24.0 Å². The van der Waals surface area contributed by atoms with Gasteiger partial charge in [0.15, 0.2) is 0 Å². The van der Waals surface area contributed by atoms with Crippen molar-refractivity contribution in [2.45, 2.75) is 19.9 Å². The SMILES string of the molecule is CCn1c2ccccc2c2cc(Cc3c[c-]c4c(c3)c3ccccc3c3ccnn43)ccc21.[Ir]. The van der Waals surface area contributed by atoms with Gasteiger partial charge in [0, 0.05) is 54.7 Å². The van der Waals surface area contributed by atoms with Crippen molar-refractivity contribution < 1.29 is 20.1 Å². The van der Waals surface area contributed by atoms with Crippen molar-refractivity contribution in [1.29, 1.82) is 0 Å². The van der Waals surface area contributed by atoms with Crippen LogP contribution in [0.4, 0.5) is 0 Å². The number of pyridine rings is 1. The molecule has 4 aromatic carbocycles. The second-order valence-electron chi connectivity index (χ2n) is 8.73. The van der Waals surface area contributed by atoms with Crippen molar-refractivity contribution in [3.63, 3.8) is 0 Å². The monoisotopic (exact) mass is 617 g/mol. The summed E-state index contributed by atoms with van der Waals surface area (Å²) >= 11 is 0. The first-order valence-electron chi connectivity index (χ1n) is 11.5. The van der Waals surface area contributed by atoms with Gasteiger partial charge in [-0.2, -0.15) is 28.9 Å². The number of hydrogen-bond donors (Lipinski definition) is 0. The molecule has 0 amide bonds. The molecule has 1 radical (unpaired) electrons. The maximum atomic E-state index is 4.57. The van der Waals surface area contributed by atoms with Crippen molar-refractivity contribution in [2.24, 2.45) is 0 Å². The Kier molecular flexibility index (Phi) is 5.02. The first-order chi connectivity index (χ1) is 16.3. The maximum absolute atomic E-state index is 4.57. The molecule has 0 fully saturated rings. The maximum Gasteiger partial charge on any atom is 0.0711 e. The van der Waals surface area contributed by atoms with Crippen molar-refractivity contribution in [3.8, 4) is 0 Å². The number of nitrogens with zero attached hydrogens (tertiary/aromatic N) is 3. The summed E-state index contributed by atoms with van der Waals surface area (Å²) in [4.78, 5) is 0. The van der Waals surface area contributed by atoms with E-state index in [2.05, 4.69) is 108 Å². The van der Waals surface area contributed by atoms with E-state index >= 15 is 0 Å². The quantitative estimate of drug-likeness (QED) is 0.153. The normalized spacial score (nSPS) is 11.7. The Morgan fingerprint density at radius 2 is 1.41 bits per heavy atom. The van der Waals surface area contributed by atoms with E-state index in [4.69, 9.17) is 0 Å². The number of benzene rings is 4. The standard InChI is InChI=1S/C30H22N3.Ir/c1-2-32-27-10-6-5-9-24(27)26-19-20(11-13-28(26)32)17-21-12-14-29-25(18-21)22-7-3-4-8-23(22)30-15-16-31-33(29)30;/h3-13,15-16,18-19H,2,17H2,1H3;/q-1;.